The number of hydrogen-bond acceptors (Lipinski definition) is 6. The molecule has 1 aromatic heterocycles. The Balaban J connectivity index is 1.55. The minimum Gasteiger partial charge on any atom is -0.462 e. The van der Waals surface area contributed by atoms with Gasteiger partial charge in [-0.15, -0.1) is 11.3 Å². The molecule has 2 fully saturated rings. The first kappa shape index (κ1) is 23.9. The Kier molecular flexibility index (Phi) is 6.70. The lowest BCUT2D eigenvalue weighted by molar-refractivity contribution is -0.136. The molecule has 2 atom stereocenters. The van der Waals surface area contributed by atoms with E-state index in [1.807, 2.05) is 6.92 Å². The van der Waals surface area contributed by atoms with Crippen LogP contribution in [0.1, 0.15) is 49.9 Å². The summed E-state index contributed by atoms with van der Waals surface area (Å²) in [5, 5.41) is 7.37. The van der Waals surface area contributed by atoms with Crippen molar-refractivity contribution in [3.05, 3.63) is 41.0 Å². The lowest BCUT2D eigenvalue weighted by Gasteiger charge is -2.36. The van der Waals surface area contributed by atoms with E-state index in [-0.39, 0.29) is 29.0 Å². The van der Waals surface area contributed by atoms with Crippen molar-refractivity contribution in [3.8, 4) is 11.1 Å². The van der Waals surface area contributed by atoms with Gasteiger partial charge in [0.05, 0.1) is 6.61 Å². The van der Waals surface area contributed by atoms with Crippen molar-refractivity contribution < 1.29 is 28.3 Å². The highest BCUT2D eigenvalue weighted by Crippen LogP contribution is 2.39. The van der Waals surface area contributed by atoms with Crippen molar-refractivity contribution in [1.29, 1.82) is 0 Å². The summed E-state index contributed by atoms with van der Waals surface area (Å²) in [7, 11) is 0. The lowest BCUT2D eigenvalue weighted by atomic mass is 9.73. The molecule has 8 nitrogen and oxygen atoms in total. The summed E-state index contributed by atoms with van der Waals surface area (Å²) in [6.07, 6.45) is 3.21. The highest BCUT2D eigenvalue weighted by Gasteiger charge is 2.55. The van der Waals surface area contributed by atoms with Crippen LogP contribution in [0.2, 0.25) is 0 Å². The van der Waals surface area contributed by atoms with Gasteiger partial charge in [0.15, 0.2) is 0 Å². The third kappa shape index (κ3) is 4.29. The zero-order chi connectivity index (χ0) is 24.5. The van der Waals surface area contributed by atoms with Gasteiger partial charge < -0.3 is 15.4 Å². The smallest absolute Gasteiger partial charge is 0.341 e. The van der Waals surface area contributed by atoms with Crippen molar-refractivity contribution in [2.75, 3.05) is 18.5 Å². The fraction of sp³-hybridized carbons (Fsp3) is 0.417. The van der Waals surface area contributed by atoms with E-state index < -0.39 is 35.8 Å². The molecule has 180 valence electrons. The number of ether oxygens (including phenoxy) is 1. The van der Waals surface area contributed by atoms with Crippen LogP contribution in [0.3, 0.4) is 0 Å². The van der Waals surface area contributed by atoms with Gasteiger partial charge in [-0.05, 0) is 43.4 Å². The zero-order valence-electron chi connectivity index (χ0n) is 19.0. The molecule has 1 aliphatic carbocycles. The predicted octanol–water partition coefficient (Wildman–Crippen LogP) is 4.17. The molecule has 1 aliphatic heterocycles. The maximum Gasteiger partial charge on any atom is 0.341 e. The van der Waals surface area contributed by atoms with Crippen LogP contribution < -0.4 is 10.6 Å². The number of rotatable bonds is 6. The first-order chi connectivity index (χ1) is 16.3. The van der Waals surface area contributed by atoms with E-state index in [1.54, 1.807) is 12.3 Å². The van der Waals surface area contributed by atoms with E-state index in [4.69, 9.17) is 4.74 Å². The number of nitrogens with zero attached hydrogens (tertiary/aromatic N) is 1. The number of nitrogens with one attached hydrogen (secondary N) is 2. The molecule has 1 spiro atoms. The Morgan fingerprint density at radius 1 is 1.26 bits per heavy atom. The predicted molar refractivity (Wildman–Crippen MR) is 125 cm³/mol. The quantitative estimate of drug-likeness (QED) is 0.470. The molecule has 2 heterocycles. The molecule has 1 saturated carbocycles. The molecule has 2 N–H and O–H groups in total. The molecule has 1 aromatic carbocycles. The molecule has 10 heteroatoms. The number of benzene rings is 1. The maximum absolute atomic E-state index is 13.4. The Bertz CT molecular complexity index is 1130. The molecule has 0 bridgehead atoms. The average molecular weight is 488 g/mol. The summed E-state index contributed by atoms with van der Waals surface area (Å²) in [5.74, 6) is -2.06. The Morgan fingerprint density at radius 3 is 2.68 bits per heavy atom. The number of hydrogen-bond donors (Lipinski definition) is 2. The Hall–Kier alpha value is -3.27. The number of carbonyl (C=O) groups is 4. The Labute approximate surface area is 200 Å². The van der Waals surface area contributed by atoms with Gasteiger partial charge in [0.25, 0.3) is 5.91 Å². The van der Waals surface area contributed by atoms with E-state index >= 15 is 0 Å². The van der Waals surface area contributed by atoms with Gasteiger partial charge >= 0.3 is 12.0 Å². The number of halogens is 1. The number of imide groups is 1. The highest BCUT2D eigenvalue weighted by atomic mass is 32.1. The second-order valence-electron chi connectivity index (χ2n) is 8.57. The number of carbonyl (C=O) groups excluding carboxylic acids is 4. The van der Waals surface area contributed by atoms with E-state index in [0.29, 0.717) is 17.5 Å². The lowest BCUT2D eigenvalue weighted by Crippen LogP contribution is -2.54. The van der Waals surface area contributed by atoms with Crippen molar-refractivity contribution in [3.63, 3.8) is 0 Å². The van der Waals surface area contributed by atoms with E-state index in [0.717, 1.165) is 35.5 Å². The molecule has 0 unspecified atom stereocenters. The van der Waals surface area contributed by atoms with E-state index in [1.165, 1.54) is 24.3 Å². The molecular weight excluding hydrogens is 461 g/mol. The van der Waals surface area contributed by atoms with Crippen molar-refractivity contribution in [2.45, 2.75) is 45.1 Å². The average Bonchev–Trinajstić information content (AvgIpc) is 3.31. The van der Waals surface area contributed by atoms with Crippen molar-refractivity contribution in [1.82, 2.24) is 10.2 Å². The summed E-state index contributed by atoms with van der Waals surface area (Å²) in [6.45, 7) is 3.27. The molecule has 4 rings (SSSR count). The highest BCUT2D eigenvalue weighted by molar-refractivity contribution is 7.15. The molecule has 34 heavy (non-hydrogen) atoms. The van der Waals surface area contributed by atoms with Crippen LogP contribution in [0.25, 0.3) is 11.1 Å². The third-order valence-corrected chi connectivity index (χ3v) is 7.38. The molecule has 4 amide bonds. The SMILES string of the molecule is CCOC(=O)c1c(-c2ccc(F)cc2)csc1NC(=O)CN1C(=O)N[C@]2(CCCC[C@@H]2C)C1=O. The number of amides is 4. The van der Waals surface area contributed by atoms with Gasteiger partial charge in [-0.3, -0.25) is 14.5 Å². The van der Waals surface area contributed by atoms with Crippen LogP contribution in [0.15, 0.2) is 29.6 Å². The first-order valence-corrected chi connectivity index (χ1v) is 12.1. The third-order valence-electron chi connectivity index (χ3n) is 6.48. The summed E-state index contributed by atoms with van der Waals surface area (Å²) in [4.78, 5) is 52.2. The normalized spacial score (nSPS) is 22.1. The summed E-state index contributed by atoms with van der Waals surface area (Å²) in [5.41, 5.74) is 0.262. The zero-order valence-corrected chi connectivity index (χ0v) is 19.8. The van der Waals surface area contributed by atoms with Gasteiger partial charge in [-0.1, -0.05) is 31.9 Å². The van der Waals surface area contributed by atoms with Gasteiger partial charge in [0.2, 0.25) is 5.91 Å². The molecule has 1 saturated heterocycles. The van der Waals surface area contributed by atoms with Crippen LogP contribution in [0.5, 0.6) is 0 Å². The second kappa shape index (κ2) is 9.54. The van der Waals surface area contributed by atoms with Crippen LogP contribution >= 0.6 is 11.3 Å². The molecule has 2 aromatic rings. The number of thiophene rings is 1. The summed E-state index contributed by atoms with van der Waals surface area (Å²) in [6, 6.07) is 5.03. The first-order valence-electron chi connectivity index (χ1n) is 11.3. The summed E-state index contributed by atoms with van der Waals surface area (Å²) < 4.78 is 18.5. The Morgan fingerprint density at radius 2 is 2.00 bits per heavy atom. The molecule has 0 radical (unpaired) electrons. The van der Waals surface area contributed by atoms with Gasteiger partial charge in [-0.2, -0.15) is 0 Å². The fourth-order valence-electron chi connectivity index (χ4n) is 4.65. The van der Waals surface area contributed by atoms with Gasteiger partial charge in [0.1, 0.15) is 28.5 Å². The van der Waals surface area contributed by atoms with Crippen molar-refractivity contribution >= 4 is 40.2 Å². The number of esters is 1. The fourth-order valence-corrected chi connectivity index (χ4v) is 5.62. The summed E-state index contributed by atoms with van der Waals surface area (Å²) >= 11 is 1.11. The van der Waals surface area contributed by atoms with E-state index in [9.17, 15) is 23.6 Å². The standard InChI is InChI=1S/C24H26FN3O5S/c1-3-33-21(30)19-17(15-7-9-16(25)10-8-15)13-34-20(19)26-18(29)12-28-22(31)24(27-23(28)32)11-5-4-6-14(24)2/h7-10,13-14H,3-6,11-12H2,1-2H3,(H,26,29)(H,27,32)/t14-,24-/m0/s1. The van der Waals surface area contributed by atoms with Gasteiger partial charge in [-0.25, -0.2) is 14.0 Å². The number of anilines is 1. The minimum absolute atomic E-state index is 0.0169. The van der Waals surface area contributed by atoms with Crippen molar-refractivity contribution in [2.24, 2.45) is 5.92 Å². The largest absolute Gasteiger partial charge is 0.462 e. The monoisotopic (exact) mass is 487 g/mol. The van der Waals surface area contributed by atoms with Crippen LogP contribution in [-0.4, -0.2) is 47.4 Å². The molecular formula is C24H26FN3O5S. The molecule has 2 aliphatic rings. The van der Waals surface area contributed by atoms with Crippen LogP contribution in [-0.2, 0) is 14.3 Å². The maximum atomic E-state index is 13.4. The number of urea groups is 1. The second-order valence-corrected chi connectivity index (χ2v) is 9.45. The minimum atomic E-state index is -0.954. The van der Waals surface area contributed by atoms with Gasteiger partial charge in [0, 0.05) is 10.9 Å². The van der Waals surface area contributed by atoms with Crippen LogP contribution in [0.4, 0.5) is 14.2 Å². The topological polar surface area (TPSA) is 105 Å². The van der Waals surface area contributed by atoms with Crippen LogP contribution in [0, 0.1) is 11.7 Å². The van der Waals surface area contributed by atoms with E-state index in [2.05, 4.69) is 10.6 Å².